The predicted octanol–water partition coefficient (Wildman–Crippen LogP) is 4.69. The van der Waals surface area contributed by atoms with E-state index in [2.05, 4.69) is 12.2 Å². The maximum absolute atomic E-state index is 13.9. The number of benzene rings is 2. The molecule has 0 bridgehead atoms. The largest absolute Gasteiger partial charge is 0.497 e. The van der Waals surface area contributed by atoms with E-state index in [1.807, 2.05) is 30.3 Å². The van der Waals surface area contributed by atoms with E-state index in [-0.39, 0.29) is 23.4 Å². The van der Waals surface area contributed by atoms with Gasteiger partial charge in [0.25, 0.3) is 0 Å². The Morgan fingerprint density at radius 1 is 1.05 bits per heavy atom. The van der Waals surface area contributed by atoms with E-state index in [0.717, 1.165) is 63.4 Å². The molecule has 2 saturated carbocycles. The molecule has 0 aromatic heterocycles. The van der Waals surface area contributed by atoms with Crippen LogP contribution in [0.4, 0.5) is 0 Å². The van der Waals surface area contributed by atoms with Gasteiger partial charge >= 0.3 is 0 Å². The molecule has 208 valence electrons. The van der Waals surface area contributed by atoms with Crippen LogP contribution in [0.1, 0.15) is 70.3 Å². The van der Waals surface area contributed by atoms with Crippen LogP contribution in [0.15, 0.2) is 59.5 Å². The van der Waals surface area contributed by atoms with E-state index < -0.39 is 27.6 Å². The lowest BCUT2D eigenvalue weighted by Gasteiger charge is -2.35. The summed E-state index contributed by atoms with van der Waals surface area (Å²) in [5, 5.41) is 14.8. The van der Waals surface area contributed by atoms with Crippen molar-refractivity contribution in [1.29, 1.82) is 0 Å². The Kier molecular flexibility index (Phi) is 9.50. The fraction of sp³-hybridized carbons (Fsp3) is 0.567. The zero-order valence-electron chi connectivity index (χ0n) is 22.6. The zero-order valence-corrected chi connectivity index (χ0v) is 23.5. The lowest BCUT2D eigenvalue weighted by atomic mass is 9.82. The summed E-state index contributed by atoms with van der Waals surface area (Å²) in [5.74, 6) is 0.557. The highest BCUT2D eigenvalue weighted by molar-refractivity contribution is 7.89. The van der Waals surface area contributed by atoms with Crippen LogP contribution in [0.25, 0.3) is 0 Å². The molecule has 2 aliphatic rings. The summed E-state index contributed by atoms with van der Waals surface area (Å²) >= 11 is 0. The SMILES string of the molecule is CCC1(C(=O)N[C@H](Cc2ccccc2)[C@@H](O)CN(C2CCCC2)S(=O)(=O)c2ccc(OC)cc2)CCCC1. The molecule has 0 saturated heterocycles. The van der Waals surface area contributed by atoms with Crippen molar-refractivity contribution in [2.24, 2.45) is 5.41 Å². The van der Waals surface area contributed by atoms with Crippen molar-refractivity contribution in [2.45, 2.75) is 94.2 Å². The summed E-state index contributed by atoms with van der Waals surface area (Å²) in [6.07, 6.45) is 7.31. The number of hydrogen-bond donors (Lipinski definition) is 2. The van der Waals surface area contributed by atoms with Crippen molar-refractivity contribution in [3.63, 3.8) is 0 Å². The summed E-state index contributed by atoms with van der Waals surface area (Å²) in [6.45, 7) is 1.98. The number of nitrogens with one attached hydrogen (secondary N) is 1. The van der Waals surface area contributed by atoms with Crippen LogP contribution in [-0.4, -0.2) is 55.6 Å². The van der Waals surface area contributed by atoms with E-state index in [9.17, 15) is 18.3 Å². The second-order valence-electron chi connectivity index (χ2n) is 10.9. The summed E-state index contributed by atoms with van der Waals surface area (Å²) in [4.78, 5) is 13.7. The lowest BCUT2D eigenvalue weighted by Crippen LogP contribution is -2.54. The first kappa shape index (κ1) is 28.6. The highest BCUT2D eigenvalue weighted by atomic mass is 32.2. The molecular formula is C30H42N2O5S. The van der Waals surface area contributed by atoms with Crippen molar-refractivity contribution in [1.82, 2.24) is 9.62 Å². The van der Waals surface area contributed by atoms with Crippen molar-refractivity contribution < 1.29 is 23.1 Å². The Labute approximate surface area is 227 Å². The molecule has 0 aliphatic heterocycles. The van der Waals surface area contributed by atoms with Gasteiger partial charge in [-0.3, -0.25) is 4.79 Å². The molecule has 2 N–H and O–H groups in total. The highest BCUT2D eigenvalue weighted by Crippen LogP contribution is 2.41. The number of sulfonamides is 1. The third-order valence-corrected chi connectivity index (χ3v) is 10.5. The minimum absolute atomic E-state index is 0.0251. The number of carbonyl (C=O) groups is 1. The number of aliphatic hydroxyl groups excluding tert-OH is 1. The van der Waals surface area contributed by atoms with Crippen LogP contribution < -0.4 is 10.1 Å². The van der Waals surface area contributed by atoms with E-state index in [0.29, 0.717) is 12.2 Å². The molecule has 38 heavy (non-hydrogen) atoms. The number of carbonyl (C=O) groups excluding carboxylic acids is 1. The van der Waals surface area contributed by atoms with Gasteiger partial charge in [0.05, 0.1) is 24.2 Å². The highest BCUT2D eigenvalue weighted by Gasteiger charge is 2.42. The fourth-order valence-electron chi connectivity index (χ4n) is 6.10. The Hall–Kier alpha value is -2.42. The van der Waals surface area contributed by atoms with Gasteiger partial charge in [0.15, 0.2) is 0 Å². The number of methoxy groups -OCH3 is 1. The van der Waals surface area contributed by atoms with Crippen LogP contribution in [-0.2, 0) is 21.2 Å². The van der Waals surface area contributed by atoms with Gasteiger partial charge in [0.2, 0.25) is 15.9 Å². The quantitative estimate of drug-likeness (QED) is 0.406. The molecule has 0 spiro atoms. The van der Waals surface area contributed by atoms with Crippen LogP contribution in [0.2, 0.25) is 0 Å². The van der Waals surface area contributed by atoms with E-state index in [4.69, 9.17) is 4.74 Å². The van der Waals surface area contributed by atoms with Gasteiger partial charge in [-0.15, -0.1) is 0 Å². The van der Waals surface area contributed by atoms with Crippen LogP contribution >= 0.6 is 0 Å². The number of amides is 1. The number of aliphatic hydroxyl groups is 1. The zero-order chi connectivity index (χ0) is 27.2. The third-order valence-electron chi connectivity index (χ3n) is 8.56. The van der Waals surface area contributed by atoms with Gasteiger partial charge in [-0.2, -0.15) is 4.31 Å². The molecule has 2 aromatic rings. The van der Waals surface area contributed by atoms with Crippen molar-refractivity contribution >= 4 is 15.9 Å². The molecule has 2 fully saturated rings. The Morgan fingerprint density at radius 3 is 2.26 bits per heavy atom. The maximum atomic E-state index is 13.9. The van der Waals surface area contributed by atoms with Crippen molar-refractivity contribution in [2.75, 3.05) is 13.7 Å². The van der Waals surface area contributed by atoms with E-state index in [1.54, 1.807) is 31.4 Å². The molecule has 0 radical (unpaired) electrons. The first-order valence-corrected chi connectivity index (χ1v) is 15.4. The standard InChI is InChI=1S/C30H42N2O5S/c1-3-30(19-9-10-20-30)29(34)31-27(21-23-11-5-4-6-12-23)28(33)22-32(24-13-7-8-14-24)38(35,36)26-17-15-25(37-2)16-18-26/h4-6,11-12,15-18,24,27-28,33H,3,7-10,13-14,19-22H2,1-2H3,(H,31,34)/t27-,28+/m1/s1. The van der Waals surface area contributed by atoms with Gasteiger partial charge in [-0.25, -0.2) is 8.42 Å². The molecule has 0 heterocycles. The van der Waals surface area contributed by atoms with Crippen LogP contribution in [0, 0.1) is 5.41 Å². The predicted molar refractivity (Wildman–Crippen MR) is 148 cm³/mol. The topological polar surface area (TPSA) is 95.9 Å². The number of ether oxygens (including phenoxy) is 1. The number of rotatable bonds is 12. The second kappa shape index (κ2) is 12.6. The minimum atomic E-state index is -3.87. The average molecular weight is 543 g/mol. The van der Waals surface area contributed by atoms with Gasteiger partial charge in [0.1, 0.15) is 5.75 Å². The average Bonchev–Trinajstić information content (AvgIpc) is 3.65. The molecule has 2 aromatic carbocycles. The van der Waals surface area contributed by atoms with E-state index in [1.165, 1.54) is 4.31 Å². The van der Waals surface area contributed by atoms with E-state index >= 15 is 0 Å². The summed E-state index contributed by atoms with van der Waals surface area (Å²) < 4.78 is 34.4. The van der Waals surface area contributed by atoms with Gasteiger partial charge in [0, 0.05) is 18.0 Å². The normalized spacial score (nSPS) is 19.4. The Bertz CT molecular complexity index is 1140. The Morgan fingerprint density at radius 2 is 1.68 bits per heavy atom. The molecule has 8 heteroatoms. The first-order chi connectivity index (χ1) is 18.3. The lowest BCUT2D eigenvalue weighted by molar-refractivity contribution is -0.132. The smallest absolute Gasteiger partial charge is 0.243 e. The number of nitrogens with zero attached hydrogens (tertiary/aromatic N) is 1. The molecule has 2 atom stereocenters. The summed E-state index contributed by atoms with van der Waals surface area (Å²) in [6, 6.07) is 15.3. The molecule has 7 nitrogen and oxygen atoms in total. The first-order valence-electron chi connectivity index (χ1n) is 14.0. The Balaban J connectivity index is 1.60. The van der Waals surface area contributed by atoms with Crippen LogP contribution in [0.5, 0.6) is 5.75 Å². The van der Waals surface area contributed by atoms with Crippen molar-refractivity contribution in [3.8, 4) is 5.75 Å². The fourth-order valence-corrected chi connectivity index (χ4v) is 7.80. The van der Waals surface area contributed by atoms with Gasteiger partial charge in [-0.1, -0.05) is 62.9 Å². The molecule has 0 unspecified atom stereocenters. The van der Waals surface area contributed by atoms with Crippen LogP contribution in [0.3, 0.4) is 0 Å². The second-order valence-corrected chi connectivity index (χ2v) is 12.8. The van der Waals surface area contributed by atoms with Gasteiger partial charge < -0.3 is 15.2 Å². The van der Waals surface area contributed by atoms with Gasteiger partial charge in [-0.05, 0) is 68.4 Å². The maximum Gasteiger partial charge on any atom is 0.243 e. The molecule has 2 aliphatic carbocycles. The number of hydrogen-bond acceptors (Lipinski definition) is 5. The molecule has 1 amide bonds. The summed E-state index contributed by atoms with van der Waals surface area (Å²) in [7, 11) is -2.32. The molecule has 4 rings (SSSR count). The van der Waals surface area contributed by atoms with Crippen molar-refractivity contribution in [3.05, 3.63) is 60.2 Å². The third kappa shape index (κ3) is 6.41. The monoisotopic (exact) mass is 542 g/mol. The minimum Gasteiger partial charge on any atom is -0.497 e. The summed E-state index contributed by atoms with van der Waals surface area (Å²) in [5.41, 5.74) is 0.578. The molecular weight excluding hydrogens is 500 g/mol.